The third-order valence-electron chi connectivity index (χ3n) is 7.19. The minimum Gasteiger partial charge on any atom is -0.373 e. The molecule has 4 aromatic rings. The van der Waals surface area contributed by atoms with Crippen molar-refractivity contribution in [1.29, 1.82) is 0 Å². The van der Waals surface area contributed by atoms with Gasteiger partial charge >= 0.3 is 0 Å². The molecule has 6 rings (SSSR count). The molecule has 0 radical (unpaired) electrons. The molecule has 0 amide bonds. The number of aryl methyl sites for hydroxylation is 2. The van der Waals surface area contributed by atoms with E-state index in [4.69, 9.17) is 31.3 Å². The fraction of sp³-hybridized carbons (Fsp3) is 0.423. The first-order valence-electron chi connectivity index (χ1n) is 12.0. The molecule has 7 nitrogen and oxygen atoms in total. The van der Waals surface area contributed by atoms with Gasteiger partial charge in [-0.2, -0.15) is 5.10 Å². The molecule has 9 heteroatoms. The molecular weight excluding hydrogens is 467 g/mol. The van der Waals surface area contributed by atoms with Crippen LogP contribution in [0.4, 0.5) is 4.39 Å². The summed E-state index contributed by atoms with van der Waals surface area (Å²) >= 11 is 6.02. The second-order valence-corrected chi connectivity index (χ2v) is 10.4. The molecule has 180 valence electrons. The highest BCUT2D eigenvalue weighted by molar-refractivity contribution is 6.30. The van der Waals surface area contributed by atoms with Crippen LogP contribution in [0.3, 0.4) is 0 Å². The van der Waals surface area contributed by atoms with Crippen LogP contribution in [0.5, 0.6) is 0 Å². The Hall–Kier alpha value is -2.97. The van der Waals surface area contributed by atoms with Gasteiger partial charge in [0.2, 0.25) is 0 Å². The molecule has 4 heterocycles. The summed E-state index contributed by atoms with van der Waals surface area (Å²) in [4.78, 5) is 19.2. The van der Waals surface area contributed by atoms with E-state index in [1.165, 1.54) is 18.9 Å². The highest BCUT2D eigenvalue weighted by Gasteiger charge is 2.39. The summed E-state index contributed by atoms with van der Waals surface area (Å²) < 4.78 is 23.2. The molecule has 1 aliphatic heterocycles. The highest BCUT2D eigenvalue weighted by Crippen LogP contribution is 2.43. The fourth-order valence-electron chi connectivity index (χ4n) is 4.72. The Labute approximate surface area is 207 Å². The minimum absolute atomic E-state index is 0.109. The molecule has 1 aliphatic carbocycles. The average Bonchev–Trinajstić information content (AvgIpc) is 3.56. The molecule has 0 bridgehead atoms. The number of hydrogen-bond acceptors (Lipinski definition) is 6. The molecule has 2 aliphatic rings. The van der Waals surface area contributed by atoms with Crippen molar-refractivity contribution < 1.29 is 9.13 Å². The second kappa shape index (κ2) is 8.31. The third-order valence-corrected chi connectivity index (χ3v) is 7.43. The van der Waals surface area contributed by atoms with Crippen molar-refractivity contribution in [2.24, 2.45) is 0 Å². The van der Waals surface area contributed by atoms with Crippen LogP contribution in [0, 0.1) is 19.7 Å². The van der Waals surface area contributed by atoms with Gasteiger partial charge in [-0.1, -0.05) is 18.5 Å². The third kappa shape index (κ3) is 4.08. The number of ether oxygens (including phenoxy) is 1. The molecule has 2 fully saturated rings. The summed E-state index contributed by atoms with van der Waals surface area (Å²) in [6.45, 7) is 6.49. The van der Waals surface area contributed by atoms with E-state index in [-0.39, 0.29) is 6.10 Å². The molecule has 0 unspecified atom stereocenters. The lowest BCUT2D eigenvalue weighted by Crippen LogP contribution is -2.34. The van der Waals surface area contributed by atoms with Crippen LogP contribution in [-0.2, 0) is 10.2 Å². The van der Waals surface area contributed by atoms with Gasteiger partial charge < -0.3 is 4.74 Å². The van der Waals surface area contributed by atoms with Gasteiger partial charge in [0.05, 0.1) is 29.7 Å². The van der Waals surface area contributed by atoms with Gasteiger partial charge in [0, 0.05) is 34.4 Å². The number of aromatic nitrogens is 6. The molecule has 0 spiro atoms. The van der Waals surface area contributed by atoms with E-state index in [1.807, 2.05) is 24.7 Å². The quantitative estimate of drug-likeness (QED) is 0.356. The van der Waals surface area contributed by atoms with Gasteiger partial charge in [-0.25, -0.2) is 24.3 Å². The summed E-state index contributed by atoms with van der Waals surface area (Å²) in [5, 5.41) is 4.87. The van der Waals surface area contributed by atoms with Gasteiger partial charge in [0.25, 0.3) is 0 Å². The lowest BCUT2D eigenvalue weighted by Gasteiger charge is -2.37. The summed E-state index contributed by atoms with van der Waals surface area (Å²) in [5.41, 5.74) is 3.93. The zero-order valence-corrected chi connectivity index (χ0v) is 20.7. The Morgan fingerprint density at radius 1 is 1.11 bits per heavy atom. The maximum Gasteiger partial charge on any atom is 0.182 e. The van der Waals surface area contributed by atoms with Crippen LogP contribution in [0.1, 0.15) is 67.5 Å². The molecule has 2 atom stereocenters. The summed E-state index contributed by atoms with van der Waals surface area (Å²) in [5.74, 6) is 0.167. The van der Waals surface area contributed by atoms with E-state index in [2.05, 4.69) is 23.2 Å². The Bertz CT molecular complexity index is 1450. The van der Waals surface area contributed by atoms with Crippen LogP contribution in [0.15, 0.2) is 30.6 Å². The number of benzene rings is 1. The van der Waals surface area contributed by atoms with E-state index in [0.717, 1.165) is 23.4 Å². The molecule has 3 aromatic heterocycles. The number of fused-ring (bicyclic) bond motifs is 1. The Morgan fingerprint density at radius 3 is 2.69 bits per heavy atom. The standard InChI is InChI=1S/C26H26ClFN6O/c1-14-15(2)31-24-23(30-14)22(19-7-4-17(27)10-20(19)28)32-25(33-24)26(3)8-9-35-21(11-26)16-12-29-34(13-16)18-5-6-18/h4,7,10,12-13,18,21H,5-6,8-9,11H2,1-3H3/t21-,26+/m0/s1. The first-order chi connectivity index (χ1) is 16.8. The van der Waals surface area contributed by atoms with E-state index in [9.17, 15) is 0 Å². The second-order valence-electron chi connectivity index (χ2n) is 9.95. The van der Waals surface area contributed by atoms with Gasteiger partial charge in [0.1, 0.15) is 22.9 Å². The molecule has 0 N–H and O–H groups in total. The van der Waals surface area contributed by atoms with Crippen molar-refractivity contribution in [2.75, 3.05) is 6.61 Å². The van der Waals surface area contributed by atoms with E-state index >= 15 is 4.39 Å². The monoisotopic (exact) mass is 492 g/mol. The topological polar surface area (TPSA) is 78.6 Å². The van der Waals surface area contributed by atoms with E-state index in [0.29, 0.717) is 52.3 Å². The van der Waals surface area contributed by atoms with Gasteiger partial charge in [0.15, 0.2) is 5.65 Å². The van der Waals surface area contributed by atoms with Gasteiger partial charge in [-0.3, -0.25) is 4.68 Å². The maximum absolute atomic E-state index is 15.0. The zero-order chi connectivity index (χ0) is 24.3. The number of rotatable bonds is 4. The van der Waals surface area contributed by atoms with E-state index in [1.54, 1.807) is 12.1 Å². The molecule has 1 saturated heterocycles. The lowest BCUT2D eigenvalue weighted by molar-refractivity contribution is -0.0204. The Balaban J connectivity index is 1.45. The molecule has 35 heavy (non-hydrogen) atoms. The molecular formula is C26H26ClFN6O. The normalized spacial score (nSPS) is 22.6. The highest BCUT2D eigenvalue weighted by atomic mass is 35.5. The van der Waals surface area contributed by atoms with Crippen molar-refractivity contribution in [2.45, 2.75) is 64.0 Å². The maximum atomic E-state index is 15.0. The van der Waals surface area contributed by atoms with Crippen molar-refractivity contribution >= 4 is 22.8 Å². The minimum atomic E-state index is -0.453. The fourth-order valence-corrected chi connectivity index (χ4v) is 4.88. The summed E-state index contributed by atoms with van der Waals surface area (Å²) in [6, 6.07) is 5.11. The number of hydrogen-bond donors (Lipinski definition) is 0. The zero-order valence-electron chi connectivity index (χ0n) is 19.9. The van der Waals surface area contributed by atoms with Crippen molar-refractivity contribution in [3.63, 3.8) is 0 Å². The predicted molar refractivity (Wildman–Crippen MR) is 131 cm³/mol. The van der Waals surface area contributed by atoms with Crippen LogP contribution in [-0.4, -0.2) is 36.3 Å². The van der Waals surface area contributed by atoms with Crippen LogP contribution < -0.4 is 0 Å². The Morgan fingerprint density at radius 2 is 1.91 bits per heavy atom. The number of halogens is 2. The predicted octanol–water partition coefficient (Wildman–Crippen LogP) is 5.84. The first kappa shape index (κ1) is 22.5. The van der Waals surface area contributed by atoms with Crippen LogP contribution in [0.25, 0.3) is 22.4 Å². The van der Waals surface area contributed by atoms with Gasteiger partial charge in [-0.05, 0) is 57.7 Å². The number of nitrogens with zero attached hydrogens (tertiary/aromatic N) is 6. The van der Waals surface area contributed by atoms with Crippen LogP contribution >= 0.6 is 11.6 Å². The van der Waals surface area contributed by atoms with Crippen molar-refractivity contribution in [3.05, 3.63) is 64.2 Å². The summed E-state index contributed by atoms with van der Waals surface area (Å²) in [6.07, 6.45) is 7.69. The first-order valence-corrected chi connectivity index (χ1v) is 12.3. The smallest absolute Gasteiger partial charge is 0.182 e. The van der Waals surface area contributed by atoms with Crippen molar-refractivity contribution in [3.8, 4) is 11.3 Å². The SMILES string of the molecule is Cc1nc2nc([C@]3(C)CCO[C@H](c4cnn(C5CC5)c4)C3)nc(-c3ccc(Cl)cc3F)c2nc1C. The van der Waals surface area contributed by atoms with Gasteiger partial charge in [-0.15, -0.1) is 0 Å². The van der Waals surface area contributed by atoms with E-state index < -0.39 is 11.2 Å². The average molecular weight is 493 g/mol. The lowest BCUT2D eigenvalue weighted by atomic mass is 9.77. The largest absolute Gasteiger partial charge is 0.373 e. The summed E-state index contributed by atoms with van der Waals surface area (Å²) in [7, 11) is 0. The van der Waals surface area contributed by atoms with Crippen molar-refractivity contribution in [1.82, 2.24) is 29.7 Å². The molecule has 1 aromatic carbocycles. The Kier molecular flexibility index (Phi) is 5.34. The van der Waals surface area contributed by atoms with Crippen LogP contribution in [0.2, 0.25) is 5.02 Å². The molecule has 1 saturated carbocycles.